The van der Waals surface area contributed by atoms with Gasteiger partial charge in [0, 0.05) is 25.3 Å². The van der Waals surface area contributed by atoms with Crippen LogP contribution in [0.25, 0.3) is 11.1 Å². The Morgan fingerprint density at radius 2 is 1.85 bits per heavy atom. The SMILES string of the molecule is CC(C)NC(=O)[C@]1(Cc2cccc(-c3ccc(F)cc3)c2)CCN(C(=O)c2ccccn2)C1. The Labute approximate surface area is 193 Å². The van der Waals surface area contributed by atoms with Gasteiger partial charge < -0.3 is 10.2 Å². The molecule has 0 aliphatic carbocycles. The summed E-state index contributed by atoms with van der Waals surface area (Å²) < 4.78 is 13.3. The van der Waals surface area contributed by atoms with Gasteiger partial charge in [-0.25, -0.2) is 4.39 Å². The van der Waals surface area contributed by atoms with Gasteiger partial charge in [0.15, 0.2) is 0 Å². The second-order valence-electron chi connectivity index (χ2n) is 8.98. The van der Waals surface area contributed by atoms with Gasteiger partial charge in [0.05, 0.1) is 5.41 Å². The average molecular weight is 446 g/mol. The smallest absolute Gasteiger partial charge is 0.272 e. The van der Waals surface area contributed by atoms with Gasteiger partial charge >= 0.3 is 0 Å². The summed E-state index contributed by atoms with van der Waals surface area (Å²) in [5.41, 5.74) is 2.54. The van der Waals surface area contributed by atoms with Crippen LogP contribution in [0, 0.1) is 11.2 Å². The van der Waals surface area contributed by atoms with E-state index in [-0.39, 0.29) is 23.7 Å². The quantitative estimate of drug-likeness (QED) is 0.608. The van der Waals surface area contributed by atoms with Crippen molar-refractivity contribution in [1.29, 1.82) is 0 Å². The Hall–Kier alpha value is -3.54. The van der Waals surface area contributed by atoms with Crippen LogP contribution in [0.15, 0.2) is 72.9 Å². The van der Waals surface area contributed by atoms with Gasteiger partial charge in [0.1, 0.15) is 11.5 Å². The normalized spacial score (nSPS) is 17.9. The van der Waals surface area contributed by atoms with Crippen molar-refractivity contribution in [3.63, 3.8) is 0 Å². The van der Waals surface area contributed by atoms with Gasteiger partial charge in [-0.2, -0.15) is 0 Å². The van der Waals surface area contributed by atoms with E-state index >= 15 is 0 Å². The third kappa shape index (κ3) is 5.11. The van der Waals surface area contributed by atoms with Crippen molar-refractivity contribution in [2.75, 3.05) is 13.1 Å². The number of rotatable bonds is 6. The summed E-state index contributed by atoms with van der Waals surface area (Å²) >= 11 is 0. The molecule has 4 rings (SSSR count). The Kier molecular flexibility index (Phi) is 6.54. The molecule has 6 heteroatoms. The second kappa shape index (κ2) is 9.53. The topological polar surface area (TPSA) is 62.3 Å². The molecule has 0 bridgehead atoms. The van der Waals surface area contributed by atoms with Crippen LogP contribution >= 0.6 is 0 Å². The Morgan fingerprint density at radius 3 is 2.55 bits per heavy atom. The van der Waals surface area contributed by atoms with E-state index in [1.54, 1.807) is 41.4 Å². The van der Waals surface area contributed by atoms with E-state index in [2.05, 4.69) is 10.3 Å². The van der Waals surface area contributed by atoms with Gasteiger partial charge in [-0.05, 0) is 67.6 Å². The van der Waals surface area contributed by atoms with E-state index in [0.717, 1.165) is 16.7 Å². The molecule has 170 valence electrons. The highest BCUT2D eigenvalue weighted by Gasteiger charge is 2.46. The second-order valence-corrected chi connectivity index (χ2v) is 8.98. The minimum Gasteiger partial charge on any atom is -0.353 e. The first kappa shape index (κ1) is 22.6. The van der Waals surface area contributed by atoms with Crippen molar-refractivity contribution < 1.29 is 14.0 Å². The van der Waals surface area contributed by atoms with Gasteiger partial charge in [-0.3, -0.25) is 14.6 Å². The number of aromatic nitrogens is 1. The molecule has 33 heavy (non-hydrogen) atoms. The lowest BCUT2D eigenvalue weighted by Crippen LogP contribution is -2.47. The van der Waals surface area contributed by atoms with Crippen LogP contribution in [0.5, 0.6) is 0 Å². The molecule has 1 fully saturated rings. The molecule has 2 heterocycles. The van der Waals surface area contributed by atoms with E-state index in [1.807, 2.05) is 38.1 Å². The average Bonchev–Trinajstić information content (AvgIpc) is 3.25. The first-order valence-electron chi connectivity index (χ1n) is 11.2. The van der Waals surface area contributed by atoms with Crippen LogP contribution in [-0.2, 0) is 11.2 Å². The molecule has 3 aromatic rings. The van der Waals surface area contributed by atoms with Crippen LogP contribution in [0.3, 0.4) is 0 Å². The van der Waals surface area contributed by atoms with Crippen molar-refractivity contribution in [1.82, 2.24) is 15.2 Å². The molecule has 5 nitrogen and oxygen atoms in total. The molecule has 2 amide bonds. The number of carbonyl (C=O) groups excluding carboxylic acids is 2. The fraction of sp³-hybridized carbons (Fsp3) is 0.296. The van der Waals surface area contributed by atoms with Crippen molar-refractivity contribution in [2.24, 2.45) is 5.41 Å². The van der Waals surface area contributed by atoms with Gasteiger partial charge in [-0.1, -0.05) is 42.5 Å². The van der Waals surface area contributed by atoms with Crippen LogP contribution in [0.4, 0.5) is 4.39 Å². The van der Waals surface area contributed by atoms with E-state index in [1.165, 1.54) is 12.1 Å². The molecule has 0 unspecified atom stereocenters. The fourth-order valence-corrected chi connectivity index (χ4v) is 4.42. The summed E-state index contributed by atoms with van der Waals surface area (Å²) in [5, 5.41) is 3.06. The van der Waals surface area contributed by atoms with Crippen molar-refractivity contribution >= 4 is 11.8 Å². The largest absolute Gasteiger partial charge is 0.353 e. The molecule has 0 spiro atoms. The lowest BCUT2D eigenvalue weighted by molar-refractivity contribution is -0.130. The molecule has 1 aliphatic heterocycles. The molecule has 0 saturated carbocycles. The van der Waals surface area contributed by atoms with Gasteiger partial charge in [0.25, 0.3) is 5.91 Å². The number of nitrogens with one attached hydrogen (secondary N) is 1. The van der Waals surface area contributed by atoms with Crippen molar-refractivity contribution in [3.8, 4) is 11.1 Å². The zero-order chi connectivity index (χ0) is 23.4. The molecular formula is C27H28FN3O2. The van der Waals surface area contributed by atoms with Crippen LogP contribution in [-0.4, -0.2) is 40.8 Å². The number of halogens is 1. The van der Waals surface area contributed by atoms with E-state index < -0.39 is 5.41 Å². The first-order chi connectivity index (χ1) is 15.9. The number of pyridine rings is 1. The maximum absolute atomic E-state index is 13.4. The lowest BCUT2D eigenvalue weighted by Gasteiger charge is -2.29. The molecule has 1 aromatic heterocycles. The number of hydrogen-bond acceptors (Lipinski definition) is 3. The summed E-state index contributed by atoms with van der Waals surface area (Å²) in [6, 6.07) is 19.6. The van der Waals surface area contributed by atoms with Crippen LogP contribution < -0.4 is 5.32 Å². The maximum Gasteiger partial charge on any atom is 0.272 e. The fourth-order valence-electron chi connectivity index (χ4n) is 4.42. The van der Waals surface area contributed by atoms with E-state index in [4.69, 9.17) is 0 Å². The Bertz CT molecular complexity index is 1130. The molecule has 2 aromatic carbocycles. The van der Waals surface area contributed by atoms with Crippen LogP contribution in [0.2, 0.25) is 0 Å². The zero-order valence-electron chi connectivity index (χ0n) is 18.9. The highest BCUT2D eigenvalue weighted by atomic mass is 19.1. The molecule has 1 atom stereocenters. The van der Waals surface area contributed by atoms with Crippen molar-refractivity contribution in [3.05, 3.63) is 90.0 Å². The molecule has 1 aliphatic rings. The standard InChI is InChI=1S/C27H28FN3O2/c1-19(2)30-26(33)27(13-15-31(18-27)25(32)24-8-3-4-14-29-24)17-20-6-5-7-22(16-20)21-9-11-23(28)12-10-21/h3-12,14,16,19H,13,15,17-18H2,1-2H3,(H,30,33)/t27-/m0/s1. The van der Waals surface area contributed by atoms with Crippen molar-refractivity contribution in [2.45, 2.75) is 32.7 Å². The Balaban J connectivity index is 1.61. The number of hydrogen-bond donors (Lipinski definition) is 1. The predicted molar refractivity (Wildman–Crippen MR) is 126 cm³/mol. The molecule has 1 N–H and O–H groups in total. The predicted octanol–water partition coefficient (Wildman–Crippen LogP) is 4.49. The van der Waals surface area contributed by atoms with Gasteiger partial charge in [0.2, 0.25) is 5.91 Å². The summed E-state index contributed by atoms with van der Waals surface area (Å²) in [5.74, 6) is -0.473. The molecule has 0 radical (unpaired) electrons. The minimum atomic E-state index is -0.726. The van der Waals surface area contributed by atoms with E-state index in [9.17, 15) is 14.0 Å². The minimum absolute atomic E-state index is 0.000432. The number of likely N-dealkylation sites (tertiary alicyclic amines) is 1. The third-order valence-electron chi connectivity index (χ3n) is 6.07. The lowest BCUT2D eigenvalue weighted by atomic mass is 9.79. The Morgan fingerprint density at radius 1 is 1.06 bits per heavy atom. The van der Waals surface area contributed by atoms with E-state index in [0.29, 0.717) is 31.6 Å². The van der Waals surface area contributed by atoms with Gasteiger partial charge in [-0.15, -0.1) is 0 Å². The third-order valence-corrected chi connectivity index (χ3v) is 6.07. The molecular weight excluding hydrogens is 417 g/mol. The summed E-state index contributed by atoms with van der Waals surface area (Å²) in [6.07, 6.45) is 2.68. The summed E-state index contributed by atoms with van der Waals surface area (Å²) in [4.78, 5) is 32.3. The number of nitrogens with zero attached hydrogens (tertiary/aromatic N) is 2. The highest BCUT2D eigenvalue weighted by Crippen LogP contribution is 2.36. The number of amides is 2. The highest BCUT2D eigenvalue weighted by molar-refractivity contribution is 5.94. The summed E-state index contributed by atoms with van der Waals surface area (Å²) in [6.45, 7) is 4.71. The molecule has 1 saturated heterocycles. The first-order valence-corrected chi connectivity index (χ1v) is 11.2. The number of carbonyl (C=O) groups is 2. The number of benzene rings is 2. The zero-order valence-corrected chi connectivity index (χ0v) is 18.9. The summed E-state index contributed by atoms with van der Waals surface area (Å²) in [7, 11) is 0. The maximum atomic E-state index is 13.4. The monoisotopic (exact) mass is 445 g/mol. The van der Waals surface area contributed by atoms with Crippen LogP contribution in [0.1, 0.15) is 36.3 Å².